The van der Waals surface area contributed by atoms with Gasteiger partial charge in [0.2, 0.25) is 0 Å². The Balaban J connectivity index is 5.22. The predicted octanol–water partition coefficient (Wildman–Crippen LogP) is 24.8. The van der Waals surface area contributed by atoms with E-state index in [-0.39, 0.29) is 25.7 Å². The van der Waals surface area contributed by atoms with Gasteiger partial charge in [-0.3, -0.25) is 37.3 Å². The van der Waals surface area contributed by atoms with Gasteiger partial charge in [-0.05, 0) is 31.6 Å². The number of esters is 4. The molecule has 0 heterocycles. The van der Waals surface area contributed by atoms with Crippen LogP contribution in [0.3, 0.4) is 0 Å². The van der Waals surface area contributed by atoms with Crippen LogP contribution in [0.25, 0.3) is 0 Å². The van der Waals surface area contributed by atoms with Crippen LogP contribution in [0.2, 0.25) is 0 Å². The summed E-state index contributed by atoms with van der Waals surface area (Å²) in [6.07, 6.45) is 66.5. The SMILES string of the molecule is CCCCCCCCCCCCCCCCCCCCCCC(=O)O[C@H](COC(=O)CCCCCCCCCCCCCCCCCC(C)C)COP(=O)(O)OC[C@@H](O)COP(=O)(O)OC[C@@H](COC(=O)CCCCCCCCCCCCC)OC(=O)CCCCCCCCCCCCCC. The number of hydrogen-bond acceptors (Lipinski definition) is 15. The van der Waals surface area contributed by atoms with Crippen LogP contribution in [0.5, 0.6) is 0 Å². The number of aliphatic hydroxyl groups is 1. The average molecular weight is 1480 g/mol. The number of phosphoric ester groups is 2. The van der Waals surface area contributed by atoms with Crippen LogP contribution in [0.1, 0.15) is 439 Å². The average Bonchev–Trinajstić information content (AvgIpc) is 0.927. The molecular weight excluding hydrogens is 1320 g/mol. The molecular formula is C82H160O17P2. The van der Waals surface area contributed by atoms with E-state index in [0.717, 1.165) is 95.8 Å². The summed E-state index contributed by atoms with van der Waals surface area (Å²) in [5.41, 5.74) is 0. The monoisotopic (exact) mass is 1480 g/mol. The van der Waals surface area contributed by atoms with Crippen LogP contribution in [-0.2, 0) is 65.4 Å². The van der Waals surface area contributed by atoms with Crippen molar-refractivity contribution < 1.29 is 80.2 Å². The standard InChI is InChI=1S/C82H160O17P2/c1-6-9-12-15-18-21-24-26-27-28-29-30-31-34-38-43-48-53-58-63-68-82(87)99-78(72-93-80(85)66-61-56-51-46-42-37-35-32-33-36-40-44-49-54-59-64-75(4)5)74-97-101(90,91)95-70-76(83)69-94-100(88,89)96-73-77(71-92-79(84)65-60-55-50-45-39-23-20-17-14-11-8-3)98-81(86)67-62-57-52-47-41-25-22-19-16-13-10-7-2/h75-78,83H,6-74H2,1-5H3,(H,88,89)(H,90,91)/t76-,77+,78+/m0/s1. The summed E-state index contributed by atoms with van der Waals surface area (Å²) < 4.78 is 68.7. The van der Waals surface area contributed by atoms with Gasteiger partial charge < -0.3 is 33.8 Å². The van der Waals surface area contributed by atoms with Crippen molar-refractivity contribution in [2.45, 2.75) is 457 Å². The number of phosphoric acid groups is 2. The second-order valence-electron chi connectivity index (χ2n) is 30.0. The van der Waals surface area contributed by atoms with Crippen molar-refractivity contribution in [2.24, 2.45) is 5.92 Å². The van der Waals surface area contributed by atoms with E-state index in [1.54, 1.807) is 0 Å². The molecule has 19 heteroatoms. The minimum absolute atomic E-state index is 0.108. The van der Waals surface area contributed by atoms with E-state index in [9.17, 15) is 43.2 Å². The minimum atomic E-state index is -4.96. The van der Waals surface area contributed by atoms with Crippen LogP contribution >= 0.6 is 15.6 Å². The van der Waals surface area contributed by atoms with E-state index in [2.05, 4.69) is 34.6 Å². The van der Waals surface area contributed by atoms with Crippen molar-refractivity contribution in [3.8, 4) is 0 Å². The fourth-order valence-corrected chi connectivity index (χ4v) is 14.3. The number of carbonyl (C=O) groups excluding carboxylic acids is 4. The molecule has 17 nitrogen and oxygen atoms in total. The fraction of sp³-hybridized carbons (Fsp3) is 0.951. The highest BCUT2D eigenvalue weighted by atomic mass is 31.2. The molecule has 0 bridgehead atoms. The van der Waals surface area contributed by atoms with Gasteiger partial charge in [-0.25, -0.2) is 9.13 Å². The molecule has 0 fully saturated rings. The number of rotatable bonds is 82. The molecule has 0 rings (SSSR count). The molecule has 0 aliphatic carbocycles. The topological polar surface area (TPSA) is 237 Å². The van der Waals surface area contributed by atoms with E-state index >= 15 is 0 Å². The zero-order valence-corrected chi connectivity index (χ0v) is 67.8. The van der Waals surface area contributed by atoms with Crippen molar-refractivity contribution in [3.05, 3.63) is 0 Å². The fourth-order valence-electron chi connectivity index (χ4n) is 12.8. The molecule has 0 spiro atoms. The summed E-state index contributed by atoms with van der Waals surface area (Å²) in [6.45, 7) is 7.36. The van der Waals surface area contributed by atoms with Gasteiger partial charge in [0, 0.05) is 25.7 Å². The van der Waals surface area contributed by atoms with Crippen molar-refractivity contribution in [1.29, 1.82) is 0 Å². The number of hydrogen-bond donors (Lipinski definition) is 3. The second kappa shape index (κ2) is 74.9. The summed E-state index contributed by atoms with van der Waals surface area (Å²) in [4.78, 5) is 73.0. The molecule has 0 amide bonds. The lowest BCUT2D eigenvalue weighted by atomic mass is 10.0. The molecule has 0 aliphatic heterocycles. The normalized spacial score (nSPS) is 13.8. The lowest BCUT2D eigenvalue weighted by molar-refractivity contribution is -0.161. The first kappa shape index (κ1) is 99.1. The van der Waals surface area contributed by atoms with Gasteiger partial charge in [-0.15, -0.1) is 0 Å². The van der Waals surface area contributed by atoms with E-state index < -0.39 is 97.5 Å². The van der Waals surface area contributed by atoms with Crippen molar-refractivity contribution in [2.75, 3.05) is 39.6 Å². The third kappa shape index (κ3) is 76.1. The Bertz CT molecular complexity index is 1930. The van der Waals surface area contributed by atoms with Gasteiger partial charge in [-0.2, -0.15) is 0 Å². The van der Waals surface area contributed by atoms with E-state index in [0.29, 0.717) is 25.7 Å². The lowest BCUT2D eigenvalue weighted by Crippen LogP contribution is -2.30. The van der Waals surface area contributed by atoms with Crippen LogP contribution in [-0.4, -0.2) is 96.7 Å². The number of ether oxygens (including phenoxy) is 4. The molecule has 5 atom stereocenters. The zero-order chi connectivity index (χ0) is 74.1. The summed E-state index contributed by atoms with van der Waals surface area (Å²) in [7, 11) is -9.92. The van der Waals surface area contributed by atoms with E-state index in [4.69, 9.17) is 37.0 Å². The van der Waals surface area contributed by atoms with Crippen LogP contribution in [0.4, 0.5) is 0 Å². The molecule has 0 aromatic carbocycles. The largest absolute Gasteiger partial charge is 0.472 e. The second-order valence-corrected chi connectivity index (χ2v) is 32.9. The molecule has 0 radical (unpaired) electrons. The Kier molecular flexibility index (Phi) is 73.5. The minimum Gasteiger partial charge on any atom is -0.462 e. The predicted molar refractivity (Wildman–Crippen MR) is 414 cm³/mol. The molecule has 0 aromatic rings. The Hall–Kier alpha value is -1.94. The third-order valence-electron chi connectivity index (χ3n) is 19.3. The summed E-state index contributed by atoms with van der Waals surface area (Å²) >= 11 is 0. The molecule has 0 aliphatic rings. The molecule has 2 unspecified atom stereocenters. The molecule has 0 aromatic heterocycles. The Morgan fingerprint density at radius 3 is 0.673 bits per heavy atom. The maximum Gasteiger partial charge on any atom is 0.472 e. The van der Waals surface area contributed by atoms with Crippen LogP contribution in [0, 0.1) is 5.92 Å². The van der Waals surface area contributed by atoms with Gasteiger partial charge in [-0.1, -0.05) is 388 Å². The van der Waals surface area contributed by atoms with E-state index in [1.807, 2.05) is 0 Å². The number of unbranched alkanes of at least 4 members (excludes halogenated alkanes) is 54. The van der Waals surface area contributed by atoms with Crippen molar-refractivity contribution in [1.82, 2.24) is 0 Å². The highest BCUT2D eigenvalue weighted by Crippen LogP contribution is 2.45. The van der Waals surface area contributed by atoms with Crippen molar-refractivity contribution in [3.63, 3.8) is 0 Å². The Morgan fingerprint density at radius 1 is 0.267 bits per heavy atom. The van der Waals surface area contributed by atoms with Gasteiger partial charge >= 0.3 is 39.5 Å². The smallest absolute Gasteiger partial charge is 0.462 e. The zero-order valence-electron chi connectivity index (χ0n) is 66.1. The maximum atomic E-state index is 13.1. The molecule has 0 saturated carbocycles. The van der Waals surface area contributed by atoms with Gasteiger partial charge in [0.25, 0.3) is 0 Å². The molecule has 0 saturated heterocycles. The quantitative estimate of drug-likeness (QED) is 0.0222. The first-order chi connectivity index (χ1) is 49.0. The molecule has 3 N–H and O–H groups in total. The number of carbonyl (C=O) groups is 4. The first-order valence-corrected chi connectivity index (χ1v) is 45.6. The molecule has 600 valence electrons. The Labute approximate surface area is 619 Å². The highest BCUT2D eigenvalue weighted by Gasteiger charge is 2.30. The first-order valence-electron chi connectivity index (χ1n) is 42.6. The third-order valence-corrected chi connectivity index (χ3v) is 21.2. The Morgan fingerprint density at radius 2 is 0.455 bits per heavy atom. The summed E-state index contributed by atoms with van der Waals surface area (Å²) in [6, 6.07) is 0. The van der Waals surface area contributed by atoms with Gasteiger partial charge in [0.15, 0.2) is 12.2 Å². The summed E-state index contributed by atoms with van der Waals surface area (Å²) in [5, 5.41) is 10.6. The highest BCUT2D eigenvalue weighted by molar-refractivity contribution is 7.47. The van der Waals surface area contributed by atoms with Gasteiger partial charge in [0.05, 0.1) is 26.4 Å². The maximum absolute atomic E-state index is 13.1. The lowest BCUT2D eigenvalue weighted by Gasteiger charge is -2.21. The van der Waals surface area contributed by atoms with Crippen LogP contribution in [0.15, 0.2) is 0 Å². The molecule has 101 heavy (non-hydrogen) atoms. The van der Waals surface area contributed by atoms with Crippen molar-refractivity contribution >= 4 is 39.5 Å². The summed E-state index contributed by atoms with van der Waals surface area (Å²) in [5.74, 6) is -1.30. The van der Waals surface area contributed by atoms with E-state index in [1.165, 1.54) is 263 Å². The van der Waals surface area contributed by atoms with Gasteiger partial charge in [0.1, 0.15) is 19.3 Å². The number of aliphatic hydroxyl groups excluding tert-OH is 1. The van der Waals surface area contributed by atoms with Crippen LogP contribution < -0.4 is 0 Å².